The first-order valence-electron chi connectivity index (χ1n) is 8.08. The second-order valence-electron chi connectivity index (χ2n) is 7.41. The van der Waals surface area contributed by atoms with E-state index in [0.29, 0.717) is 11.5 Å². The van der Waals surface area contributed by atoms with Crippen LogP contribution in [0.4, 0.5) is 4.79 Å². The maximum absolute atomic E-state index is 12.4. The van der Waals surface area contributed by atoms with E-state index in [1.165, 1.54) is 0 Å². The van der Waals surface area contributed by atoms with Gasteiger partial charge >= 0.3 is 6.09 Å². The Morgan fingerprint density at radius 1 is 1.13 bits per heavy atom. The van der Waals surface area contributed by atoms with Crippen molar-refractivity contribution in [3.05, 3.63) is 35.4 Å². The molecule has 23 heavy (non-hydrogen) atoms. The van der Waals surface area contributed by atoms with E-state index in [4.69, 9.17) is 4.74 Å². The van der Waals surface area contributed by atoms with Crippen molar-refractivity contribution in [3.8, 4) is 0 Å². The van der Waals surface area contributed by atoms with Crippen LogP contribution in [0.5, 0.6) is 0 Å². The van der Waals surface area contributed by atoms with Gasteiger partial charge in [-0.2, -0.15) is 0 Å². The molecule has 0 unspecified atom stereocenters. The van der Waals surface area contributed by atoms with E-state index in [2.05, 4.69) is 13.8 Å². The summed E-state index contributed by atoms with van der Waals surface area (Å²) in [7, 11) is 1.76. The van der Waals surface area contributed by atoms with E-state index in [9.17, 15) is 9.59 Å². The molecule has 0 aliphatic heterocycles. The summed E-state index contributed by atoms with van der Waals surface area (Å²) in [5.74, 6) is 0.467. The topological polar surface area (TPSA) is 46.6 Å². The zero-order valence-corrected chi connectivity index (χ0v) is 15.3. The lowest BCUT2D eigenvalue weighted by atomic mass is 9.95. The summed E-state index contributed by atoms with van der Waals surface area (Å²) in [6.07, 6.45) is 0.494. The first-order chi connectivity index (χ1) is 10.5. The first kappa shape index (κ1) is 19.2. The minimum absolute atomic E-state index is 0.0393. The van der Waals surface area contributed by atoms with E-state index >= 15 is 0 Å². The predicted molar refractivity (Wildman–Crippen MR) is 92.6 cm³/mol. The van der Waals surface area contributed by atoms with Crippen LogP contribution in [0.1, 0.15) is 69.9 Å². The van der Waals surface area contributed by atoms with E-state index in [-0.39, 0.29) is 17.9 Å². The molecule has 0 radical (unpaired) electrons. The van der Waals surface area contributed by atoms with E-state index in [1.54, 1.807) is 18.9 Å². The Kier molecular flexibility index (Phi) is 6.37. The molecule has 0 heterocycles. The molecule has 4 heteroatoms. The largest absolute Gasteiger partial charge is 0.444 e. The van der Waals surface area contributed by atoms with Gasteiger partial charge in [0.2, 0.25) is 0 Å². The van der Waals surface area contributed by atoms with Crippen LogP contribution in [0.15, 0.2) is 24.3 Å². The lowest BCUT2D eigenvalue weighted by molar-refractivity contribution is 0.0201. The minimum atomic E-state index is -0.522. The highest BCUT2D eigenvalue weighted by molar-refractivity contribution is 5.94. The van der Waals surface area contributed by atoms with Gasteiger partial charge in [-0.25, -0.2) is 4.79 Å². The fraction of sp³-hybridized carbons (Fsp3) is 0.579. The van der Waals surface area contributed by atoms with Gasteiger partial charge < -0.3 is 9.64 Å². The van der Waals surface area contributed by atoms with Crippen molar-refractivity contribution >= 4 is 11.9 Å². The van der Waals surface area contributed by atoms with E-state index < -0.39 is 5.60 Å². The molecule has 128 valence electrons. The Bertz CT molecular complexity index is 541. The number of hydrogen-bond donors (Lipinski definition) is 0. The molecule has 1 rings (SSSR count). The Hall–Kier alpha value is -1.84. The number of hydrogen-bond acceptors (Lipinski definition) is 3. The number of ketones is 1. The number of nitrogens with zero attached hydrogens (tertiary/aromatic N) is 1. The first-order valence-corrected chi connectivity index (χ1v) is 8.08. The maximum atomic E-state index is 12.4. The summed E-state index contributed by atoms with van der Waals surface area (Å²) in [5.41, 5.74) is 1.17. The number of amides is 1. The van der Waals surface area contributed by atoms with Crippen LogP contribution in [0, 0.1) is 5.92 Å². The summed E-state index contributed by atoms with van der Waals surface area (Å²) in [4.78, 5) is 25.4. The van der Waals surface area contributed by atoms with E-state index in [0.717, 1.165) is 12.0 Å². The van der Waals surface area contributed by atoms with Crippen molar-refractivity contribution in [2.24, 2.45) is 5.92 Å². The van der Waals surface area contributed by atoms with Crippen molar-refractivity contribution in [2.45, 2.75) is 59.6 Å². The Labute approximate surface area is 139 Å². The molecule has 0 saturated heterocycles. The number of carbonyl (C=O) groups excluding carboxylic acids is 2. The normalized spacial score (nSPS) is 12.9. The highest BCUT2D eigenvalue weighted by atomic mass is 16.6. The van der Waals surface area contributed by atoms with Gasteiger partial charge in [-0.05, 0) is 45.6 Å². The zero-order chi connectivity index (χ0) is 17.8. The number of ether oxygens (including phenoxy) is 1. The standard InChI is InChI=1S/C19H29NO3/c1-13(2)12-17(20(7)18(22)23-19(4,5)6)16-10-8-15(9-11-16)14(3)21/h8-11,13,17H,12H2,1-7H3/t17-/m0/s1. The van der Waals surface area contributed by atoms with Gasteiger partial charge in [0.25, 0.3) is 0 Å². The lowest BCUT2D eigenvalue weighted by Gasteiger charge is -2.32. The van der Waals surface area contributed by atoms with Crippen LogP contribution in [0.3, 0.4) is 0 Å². The number of Topliss-reactive ketones (excluding diaryl/α,β-unsaturated/α-hetero) is 1. The molecule has 1 atom stereocenters. The fourth-order valence-corrected chi connectivity index (χ4v) is 2.37. The molecule has 0 bridgehead atoms. The molecule has 1 amide bonds. The molecule has 0 saturated carbocycles. The molecule has 0 N–H and O–H groups in total. The van der Waals surface area contributed by atoms with Gasteiger partial charge in [0.1, 0.15) is 5.60 Å². The Morgan fingerprint density at radius 3 is 2.04 bits per heavy atom. The second kappa shape index (κ2) is 7.62. The zero-order valence-electron chi connectivity index (χ0n) is 15.3. The van der Waals surface area contributed by atoms with Crippen molar-refractivity contribution in [1.29, 1.82) is 0 Å². The number of benzene rings is 1. The molecule has 0 aliphatic carbocycles. The smallest absolute Gasteiger partial charge is 0.410 e. The molecule has 0 aliphatic rings. The monoisotopic (exact) mass is 319 g/mol. The molecular formula is C19H29NO3. The third kappa shape index (κ3) is 6.05. The Balaban J connectivity index is 3.03. The van der Waals surface area contributed by atoms with Gasteiger partial charge in [-0.3, -0.25) is 4.79 Å². The van der Waals surface area contributed by atoms with Gasteiger partial charge in [0, 0.05) is 12.6 Å². The second-order valence-corrected chi connectivity index (χ2v) is 7.41. The van der Waals surface area contributed by atoms with Crippen LogP contribution in [-0.4, -0.2) is 29.4 Å². The Morgan fingerprint density at radius 2 is 1.65 bits per heavy atom. The number of rotatable bonds is 5. The fourth-order valence-electron chi connectivity index (χ4n) is 2.37. The van der Waals surface area contributed by atoms with Crippen LogP contribution >= 0.6 is 0 Å². The van der Waals surface area contributed by atoms with Crippen molar-refractivity contribution in [3.63, 3.8) is 0 Å². The summed E-state index contributed by atoms with van der Waals surface area (Å²) in [6.45, 7) is 11.4. The van der Waals surface area contributed by atoms with E-state index in [1.807, 2.05) is 45.0 Å². The average Bonchev–Trinajstić information content (AvgIpc) is 2.42. The van der Waals surface area contributed by atoms with Gasteiger partial charge in [-0.15, -0.1) is 0 Å². The maximum Gasteiger partial charge on any atom is 0.410 e. The summed E-state index contributed by atoms with van der Waals surface area (Å²) < 4.78 is 5.48. The molecular weight excluding hydrogens is 290 g/mol. The molecule has 4 nitrogen and oxygen atoms in total. The van der Waals surface area contributed by atoms with Crippen molar-refractivity contribution in [1.82, 2.24) is 4.90 Å². The average molecular weight is 319 g/mol. The van der Waals surface area contributed by atoms with Crippen LogP contribution in [0.25, 0.3) is 0 Å². The summed E-state index contributed by atoms with van der Waals surface area (Å²) >= 11 is 0. The minimum Gasteiger partial charge on any atom is -0.444 e. The summed E-state index contributed by atoms with van der Waals surface area (Å²) in [6, 6.07) is 7.39. The molecule has 1 aromatic carbocycles. The highest BCUT2D eigenvalue weighted by Crippen LogP contribution is 2.28. The quantitative estimate of drug-likeness (QED) is 0.729. The van der Waals surface area contributed by atoms with Gasteiger partial charge in [0.15, 0.2) is 5.78 Å². The van der Waals surface area contributed by atoms with Crippen molar-refractivity contribution < 1.29 is 14.3 Å². The highest BCUT2D eigenvalue weighted by Gasteiger charge is 2.27. The molecule has 0 spiro atoms. The molecule has 0 fully saturated rings. The molecule has 0 aromatic heterocycles. The predicted octanol–water partition coefficient (Wildman–Crippen LogP) is 4.84. The third-order valence-corrected chi connectivity index (χ3v) is 3.55. The summed E-state index contributed by atoms with van der Waals surface area (Å²) in [5, 5.41) is 0. The SMILES string of the molecule is CC(=O)c1ccc([C@H](CC(C)C)N(C)C(=O)OC(C)(C)C)cc1. The van der Waals surface area contributed by atoms with Gasteiger partial charge in [-0.1, -0.05) is 38.1 Å². The lowest BCUT2D eigenvalue weighted by Crippen LogP contribution is -2.37. The van der Waals surface area contributed by atoms with Crippen LogP contribution < -0.4 is 0 Å². The third-order valence-electron chi connectivity index (χ3n) is 3.55. The van der Waals surface area contributed by atoms with Crippen LogP contribution in [0.2, 0.25) is 0 Å². The van der Waals surface area contributed by atoms with Crippen molar-refractivity contribution in [2.75, 3.05) is 7.05 Å². The van der Waals surface area contributed by atoms with Crippen LogP contribution in [-0.2, 0) is 4.74 Å². The number of carbonyl (C=O) groups is 2. The van der Waals surface area contributed by atoms with Gasteiger partial charge in [0.05, 0.1) is 6.04 Å². The molecule has 1 aromatic rings.